The van der Waals surface area contributed by atoms with Gasteiger partial charge in [0.25, 0.3) is 0 Å². The molecule has 1 aliphatic rings. The van der Waals surface area contributed by atoms with Crippen molar-refractivity contribution >= 4 is 0 Å². The quantitative estimate of drug-likeness (QED) is 0.844. The minimum absolute atomic E-state index is 0.338. The summed E-state index contributed by atoms with van der Waals surface area (Å²) < 4.78 is 5.55. The first-order valence-corrected chi connectivity index (χ1v) is 6.07. The molecule has 2 rings (SSSR count). The molecule has 2 heteroatoms. The van der Waals surface area contributed by atoms with E-state index in [1.807, 2.05) is 13.0 Å². The first-order valence-electron chi connectivity index (χ1n) is 6.07. The van der Waals surface area contributed by atoms with Crippen molar-refractivity contribution in [3.8, 4) is 5.75 Å². The van der Waals surface area contributed by atoms with Crippen LogP contribution in [0.5, 0.6) is 5.75 Å². The normalized spacial score (nSPS) is 23.3. The molecule has 0 bridgehead atoms. The molecule has 1 aliphatic heterocycles. The highest BCUT2D eigenvalue weighted by Gasteiger charge is 2.35. The van der Waals surface area contributed by atoms with Crippen LogP contribution in [-0.4, -0.2) is 19.7 Å². The molecule has 88 valence electrons. The Balaban J connectivity index is 2.23. The lowest BCUT2D eigenvalue weighted by molar-refractivity contribution is 0.336. The SMILES string of the molecule is CCOc1cccc([C@H]2CNCC2(C)C)c1. The van der Waals surface area contributed by atoms with E-state index in [9.17, 15) is 0 Å². The van der Waals surface area contributed by atoms with Crippen molar-refractivity contribution in [3.63, 3.8) is 0 Å². The van der Waals surface area contributed by atoms with Crippen LogP contribution in [0.1, 0.15) is 32.3 Å². The van der Waals surface area contributed by atoms with E-state index in [-0.39, 0.29) is 0 Å². The number of rotatable bonds is 3. The second-order valence-corrected chi connectivity index (χ2v) is 5.18. The van der Waals surface area contributed by atoms with Crippen LogP contribution >= 0.6 is 0 Å². The first kappa shape index (κ1) is 11.5. The molecule has 0 spiro atoms. The molecule has 0 radical (unpaired) electrons. The maximum Gasteiger partial charge on any atom is 0.119 e. The maximum absolute atomic E-state index is 5.55. The molecular formula is C14H21NO. The summed E-state index contributed by atoms with van der Waals surface area (Å²) in [7, 11) is 0. The van der Waals surface area contributed by atoms with Crippen molar-refractivity contribution in [3.05, 3.63) is 29.8 Å². The van der Waals surface area contributed by atoms with Gasteiger partial charge in [0.05, 0.1) is 6.61 Å². The van der Waals surface area contributed by atoms with Gasteiger partial charge in [-0.15, -0.1) is 0 Å². The van der Waals surface area contributed by atoms with E-state index in [0.717, 1.165) is 25.4 Å². The molecule has 0 aliphatic carbocycles. The molecule has 1 aromatic carbocycles. The Morgan fingerprint density at radius 2 is 2.25 bits per heavy atom. The van der Waals surface area contributed by atoms with Crippen molar-refractivity contribution in [2.45, 2.75) is 26.7 Å². The Bertz CT molecular complexity index is 360. The number of benzene rings is 1. The summed E-state index contributed by atoms with van der Waals surface area (Å²) in [6, 6.07) is 8.52. The minimum atomic E-state index is 0.338. The van der Waals surface area contributed by atoms with E-state index in [1.165, 1.54) is 5.56 Å². The fourth-order valence-electron chi connectivity index (χ4n) is 2.49. The molecule has 1 fully saturated rings. The molecule has 0 unspecified atom stereocenters. The van der Waals surface area contributed by atoms with Crippen molar-refractivity contribution in [1.82, 2.24) is 5.32 Å². The third kappa shape index (κ3) is 2.22. The Kier molecular flexibility index (Phi) is 3.20. The maximum atomic E-state index is 5.55. The van der Waals surface area contributed by atoms with E-state index < -0.39 is 0 Å². The van der Waals surface area contributed by atoms with E-state index >= 15 is 0 Å². The monoisotopic (exact) mass is 219 g/mol. The molecule has 1 atom stereocenters. The standard InChI is InChI=1S/C14H21NO/c1-4-16-12-7-5-6-11(8-12)13-9-15-10-14(13,2)3/h5-8,13,15H,4,9-10H2,1-3H3/t13-/m1/s1. The zero-order chi connectivity index (χ0) is 11.6. The third-order valence-corrected chi connectivity index (χ3v) is 3.44. The second kappa shape index (κ2) is 4.46. The number of nitrogens with one attached hydrogen (secondary N) is 1. The molecule has 0 saturated carbocycles. The largest absolute Gasteiger partial charge is 0.494 e. The number of hydrogen-bond acceptors (Lipinski definition) is 2. The van der Waals surface area contributed by atoms with Gasteiger partial charge in [0.1, 0.15) is 5.75 Å². The third-order valence-electron chi connectivity index (χ3n) is 3.44. The average Bonchev–Trinajstić information content (AvgIpc) is 2.59. The molecule has 0 aromatic heterocycles. The number of hydrogen-bond donors (Lipinski definition) is 1. The van der Waals surface area contributed by atoms with Crippen molar-refractivity contribution < 1.29 is 4.74 Å². The number of ether oxygens (including phenoxy) is 1. The van der Waals surface area contributed by atoms with Crippen LogP contribution in [0, 0.1) is 5.41 Å². The van der Waals surface area contributed by atoms with Gasteiger partial charge < -0.3 is 10.1 Å². The molecule has 1 aromatic rings. The van der Waals surface area contributed by atoms with Crippen LogP contribution in [0.3, 0.4) is 0 Å². The lowest BCUT2D eigenvalue weighted by Gasteiger charge is -2.26. The molecule has 1 N–H and O–H groups in total. The summed E-state index contributed by atoms with van der Waals surface area (Å²) in [6.45, 7) is 9.57. The molecular weight excluding hydrogens is 198 g/mol. The van der Waals surface area contributed by atoms with E-state index in [4.69, 9.17) is 4.74 Å². The van der Waals surface area contributed by atoms with Gasteiger partial charge in [-0.1, -0.05) is 26.0 Å². The van der Waals surface area contributed by atoms with Gasteiger partial charge >= 0.3 is 0 Å². The van der Waals surface area contributed by atoms with Crippen molar-refractivity contribution in [1.29, 1.82) is 0 Å². The Morgan fingerprint density at radius 3 is 2.88 bits per heavy atom. The van der Waals surface area contributed by atoms with E-state index in [2.05, 4.69) is 37.4 Å². The summed E-state index contributed by atoms with van der Waals surface area (Å²) in [5.41, 5.74) is 1.73. The van der Waals surface area contributed by atoms with Gasteiger partial charge in [-0.25, -0.2) is 0 Å². The van der Waals surface area contributed by atoms with Crippen LogP contribution in [0.2, 0.25) is 0 Å². The summed E-state index contributed by atoms with van der Waals surface area (Å²) in [6.07, 6.45) is 0. The Hall–Kier alpha value is -1.02. The smallest absolute Gasteiger partial charge is 0.119 e. The predicted octanol–water partition coefficient (Wildman–Crippen LogP) is 2.80. The van der Waals surface area contributed by atoms with Crippen molar-refractivity contribution in [2.75, 3.05) is 19.7 Å². The Labute approximate surface area is 98.0 Å². The summed E-state index contributed by atoms with van der Waals surface area (Å²) in [5, 5.41) is 3.47. The molecule has 2 nitrogen and oxygen atoms in total. The van der Waals surface area contributed by atoms with Gasteiger partial charge in [0, 0.05) is 19.0 Å². The van der Waals surface area contributed by atoms with Gasteiger partial charge in [0.15, 0.2) is 0 Å². The highest BCUT2D eigenvalue weighted by Crippen LogP contribution is 2.39. The van der Waals surface area contributed by atoms with Crippen LogP contribution in [0.25, 0.3) is 0 Å². The van der Waals surface area contributed by atoms with Gasteiger partial charge in [0.2, 0.25) is 0 Å². The van der Waals surface area contributed by atoms with Crippen LogP contribution < -0.4 is 10.1 Å². The van der Waals surface area contributed by atoms with Crippen LogP contribution in [0.15, 0.2) is 24.3 Å². The average molecular weight is 219 g/mol. The molecule has 0 amide bonds. The zero-order valence-corrected chi connectivity index (χ0v) is 10.4. The highest BCUT2D eigenvalue weighted by molar-refractivity contribution is 5.33. The summed E-state index contributed by atoms with van der Waals surface area (Å²) >= 11 is 0. The first-order chi connectivity index (χ1) is 7.63. The van der Waals surface area contributed by atoms with E-state index in [1.54, 1.807) is 0 Å². The van der Waals surface area contributed by atoms with E-state index in [0.29, 0.717) is 11.3 Å². The summed E-state index contributed by atoms with van der Waals surface area (Å²) in [4.78, 5) is 0. The zero-order valence-electron chi connectivity index (χ0n) is 10.4. The molecule has 1 saturated heterocycles. The van der Waals surface area contributed by atoms with Gasteiger partial charge in [-0.2, -0.15) is 0 Å². The highest BCUT2D eigenvalue weighted by atomic mass is 16.5. The van der Waals surface area contributed by atoms with Gasteiger partial charge in [-0.05, 0) is 30.0 Å². The Morgan fingerprint density at radius 1 is 1.44 bits per heavy atom. The topological polar surface area (TPSA) is 21.3 Å². The fraction of sp³-hybridized carbons (Fsp3) is 0.571. The fourth-order valence-corrected chi connectivity index (χ4v) is 2.49. The van der Waals surface area contributed by atoms with Gasteiger partial charge in [-0.3, -0.25) is 0 Å². The minimum Gasteiger partial charge on any atom is -0.494 e. The van der Waals surface area contributed by atoms with Crippen LogP contribution in [0.4, 0.5) is 0 Å². The summed E-state index contributed by atoms with van der Waals surface area (Å²) in [5.74, 6) is 1.58. The molecule has 1 heterocycles. The lowest BCUT2D eigenvalue weighted by Crippen LogP contribution is -2.20. The second-order valence-electron chi connectivity index (χ2n) is 5.18. The van der Waals surface area contributed by atoms with Crippen LogP contribution in [-0.2, 0) is 0 Å². The molecule has 16 heavy (non-hydrogen) atoms. The predicted molar refractivity (Wildman–Crippen MR) is 67.0 cm³/mol. The lowest BCUT2D eigenvalue weighted by atomic mass is 9.78. The van der Waals surface area contributed by atoms with Crippen molar-refractivity contribution in [2.24, 2.45) is 5.41 Å².